The van der Waals surface area contributed by atoms with Gasteiger partial charge in [-0.25, -0.2) is 15.0 Å². The van der Waals surface area contributed by atoms with E-state index in [9.17, 15) is 19.2 Å². The van der Waals surface area contributed by atoms with Crippen molar-refractivity contribution < 1.29 is 19.1 Å². The number of ketones is 1. The van der Waals surface area contributed by atoms with Crippen molar-refractivity contribution in [3.05, 3.63) is 97.8 Å². The second-order valence-electron chi connectivity index (χ2n) is 18.2. The minimum absolute atomic E-state index is 0.0166. The Balaban J connectivity index is 0.704. The zero-order chi connectivity index (χ0) is 51.3. The van der Waals surface area contributed by atoms with Crippen molar-refractivity contribution >= 4 is 74.7 Å². The van der Waals surface area contributed by atoms with Gasteiger partial charge >= 0.3 is 0 Å². The van der Waals surface area contributed by atoms with Crippen LogP contribution in [0.2, 0.25) is 5.15 Å². The Morgan fingerprint density at radius 3 is 2.44 bits per heavy atom. The van der Waals surface area contributed by atoms with E-state index in [0.717, 1.165) is 53.9 Å². The molecular formula is C50H56ClN17O5. The number of halogens is 1. The van der Waals surface area contributed by atoms with E-state index in [2.05, 4.69) is 72.8 Å². The number of aryl methyl sites for hydroxylation is 3. The first-order chi connectivity index (χ1) is 35.3. The van der Waals surface area contributed by atoms with Crippen LogP contribution < -0.4 is 36.9 Å². The molecule has 378 valence electrons. The molecule has 1 saturated carbocycles. The Morgan fingerprint density at radius 2 is 1.70 bits per heavy atom. The van der Waals surface area contributed by atoms with E-state index >= 15 is 0 Å². The number of nitrogens with two attached hydrogens (primary N) is 1. The molecule has 0 radical (unpaired) electrons. The average molecular weight is 1010 g/mol. The van der Waals surface area contributed by atoms with Crippen LogP contribution in [-0.4, -0.2) is 129 Å². The van der Waals surface area contributed by atoms with E-state index in [4.69, 9.17) is 27.1 Å². The van der Waals surface area contributed by atoms with Gasteiger partial charge in [0.15, 0.2) is 11.5 Å². The number of piperazine rings is 1. The summed E-state index contributed by atoms with van der Waals surface area (Å²) in [5, 5.41) is 18.4. The van der Waals surface area contributed by atoms with Gasteiger partial charge < -0.3 is 35.9 Å². The van der Waals surface area contributed by atoms with Crippen LogP contribution >= 0.6 is 11.6 Å². The van der Waals surface area contributed by atoms with Crippen molar-refractivity contribution in [3.63, 3.8) is 0 Å². The van der Waals surface area contributed by atoms with Gasteiger partial charge in [0.2, 0.25) is 17.8 Å². The van der Waals surface area contributed by atoms with Gasteiger partial charge in [0.25, 0.3) is 11.5 Å². The van der Waals surface area contributed by atoms with E-state index in [-0.39, 0.29) is 65.3 Å². The Bertz CT molecular complexity index is 3360. The standard InChI is InChI=1S/C50H56ClN17O5/c1-29-22-55-37(31(3)43(29)73-5)26-66-25-33(42-44(51)59-49(52)60-46(42)66)10-8-9-17-67-27-38(62-63-67)47(71)54-16-15-53-40(70)28-64-18-20-65(21-19-64)35-13-14-39(56-23-35)58-50-57-24-36-30(2)41(32(4)69)48(72)68(45(36)61-50)34-11-6-7-12-34/h13-14,22-25,27,34H,6-7,9,11-12,15-21,26,28H2,1-5H3,(H,53,70)(H,54,71)(H2,52,59,60)(H,56,57,58,61). The number of rotatable bonds is 16. The van der Waals surface area contributed by atoms with Crippen LogP contribution in [0, 0.1) is 32.6 Å². The summed E-state index contributed by atoms with van der Waals surface area (Å²) in [6.07, 6.45) is 12.8. The number of aromatic nitrogens is 11. The van der Waals surface area contributed by atoms with Gasteiger partial charge in [0.05, 0.1) is 67.0 Å². The number of nitrogens with zero attached hydrogens (tertiary/aromatic N) is 13. The van der Waals surface area contributed by atoms with E-state index in [0.29, 0.717) is 90.6 Å². The second kappa shape index (κ2) is 21.8. The highest BCUT2D eigenvalue weighted by Crippen LogP contribution is 2.33. The van der Waals surface area contributed by atoms with Gasteiger partial charge in [-0.05, 0) is 58.2 Å². The molecule has 1 saturated heterocycles. The number of carbonyl (C=O) groups excluding carboxylic acids is 3. The topological polar surface area (TPSA) is 264 Å². The van der Waals surface area contributed by atoms with Gasteiger partial charge in [0.1, 0.15) is 28.0 Å². The zero-order valence-corrected chi connectivity index (χ0v) is 42.1. The van der Waals surface area contributed by atoms with Crippen molar-refractivity contribution in [3.8, 4) is 17.6 Å². The van der Waals surface area contributed by atoms with Gasteiger partial charge in [-0.3, -0.25) is 38.3 Å². The first-order valence-corrected chi connectivity index (χ1v) is 24.5. The second-order valence-corrected chi connectivity index (χ2v) is 18.6. The third-order valence-corrected chi connectivity index (χ3v) is 13.6. The number of hydrogen-bond acceptors (Lipinski definition) is 17. The number of fused-ring (bicyclic) bond motifs is 2. The van der Waals surface area contributed by atoms with E-state index in [1.165, 1.54) is 6.92 Å². The van der Waals surface area contributed by atoms with Gasteiger partial charge in [-0.15, -0.1) is 5.10 Å². The smallest absolute Gasteiger partial charge is 0.273 e. The molecule has 0 aromatic carbocycles. The maximum Gasteiger partial charge on any atom is 0.273 e. The van der Waals surface area contributed by atoms with Gasteiger partial charge in [0, 0.05) is 86.8 Å². The van der Waals surface area contributed by atoms with Crippen molar-refractivity contribution in [2.45, 2.75) is 78.9 Å². The predicted octanol–water partition coefficient (Wildman–Crippen LogP) is 4.31. The van der Waals surface area contributed by atoms with E-state index in [1.54, 1.807) is 48.1 Å². The SMILES string of the molecule is COc1c(C)cnc(Cn2cc(C#CCCn3cc(C(=O)NCCNC(=O)CN4CCN(c5ccc(Nc6ncc7c(C)c(C(C)=O)c(=O)n(C8CCCC8)c7n6)nc5)CC4)nn3)c3c(Cl)nc(N)nc32)c1C. The molecule has 8 heterocycles. The molecule has 2 amide bonds. The maximum atomic E-state index is 13.6. The van der Waals surface area contributed by atoms with Crippen molar-refractivity contribution in [2.24, 2.45) is 0 Å². The zero-order valence-electron chi connectivity index (χ0n) is 41.3. The highest BCUT2D eigenvalue weighted by molar-refractivity contribution is 6.34. The lowest BCUT2D eigenvalue weighted by atomic mass is 10.0. The first-order valence-electron chi connectivity index (χ1n) is 24.1. The molecular weight excluding hydrogens is 954 g/mol. The molecule has 23 heteroatoms. The molecule has 0 unspecified atom stereocenters. The summed E-state index contributed by atoms with van der Waals surface area (Å²) < 4.78 is 10.7. The molecule has 1 aliphatic heterocycles. The summed E-state index contributed by atoms with van der Waals surface area (Å²) in [5.41, 5.74) is 11.9. The molecule has 9 rings (SSSR count). The number of nitrogen functional groups attached to an aromatic ring is 1. The highest BCUT2D eigenvalue weighted by atomic mass is 35.5. The number of nitrogens with one attached hydrogen (secondary N) is 3. The Morgan fingerprint density at radius 1 is 0.918 bits per heavy atom. The van der Waals surface area contributed by atoms with Crippen molar-refractivity contribution in [2.75, 3.05) is 68.9 Å². The Labute approximate surface area is 425 Å². The first kappa shape index (κ1) is 49.9. The third kappa shape index (κ3) is 10.9. The summed E-state index contributed by atoms with van der Waals surface area (Å²) in [6.45, 7) is 11.3. The number of pyridine rings is 3. The summed E-state index contributed by atoms with van der Waals surface area (Å²) >= 11 is 6.55. The summed E-state index contributed by atoms with van der Waals surface area (Å²) in [5.74, 6) is 7.19. The molecule has 5 N–H and O–H groups in total. The number of carbonyl (C=O) groups is 3. The number of anilines is 4. The third-order valence-electron chi connectivity index (χ3n) is 13.3. The van der Waals surface area contributed by atoms with Crippen LogP contribution in [0.15, 0.2) is 47.9 Å². The molecule has 0 bridgehead atoms. The van der Waals surface area contributed by atoms with Gasteiger partial charge in [-0.1, -0.05) is 41.5 Å². The van der Waals surface area contributed by atoms with Crippen LogP contribution in [0.4, 0.5) is 23.4 Å². The van der Waals surface area contributed by atoms with Crippen LogP contribution in [0.25, 0.3) is 22.1 Å². The lowest BCUT2D eigenvalue weighted by molar-refractivity contribution is -0.122. The molecule has 0 spiro atoms. The highest BCUT2D eigenvalue weighted by Gasteiger charge is 2.27. The van der Waals surface area contributed by atoms with Crippen molar-refractivity contribution in [1.29, 1.82) is 0 Å². The number of methoxy groups -OCH3 is 1. The van der Waals surface area contributed by atoms with Crippen LogP contribution in [0.3, 0.4) is 0 Å². The summed E-state index contributed by atoms with van der Waals surface area (Å²) in [6, 6.07) is 3.81. The largest absolute Gasteiger partial charge is 0.496 e. The number of amides is 2. The van der Waals surface area contributed by atoms with Crippen LogP contribution in [0.5, 0.6) is 5.75 Å². The molecule has 2 aliphatic rings. The molecule has 2 fully saturated rings. The minimum Gasteiger partial charge on any atom is -0.496 e. The van der Waals surface area contributed by atoms with E-state index < -0.39 is 5.91 Å². The minimum atomic E-state index is -0.410. The molecule has 0 atom stereocenters. The fraction of sp³-hybridized carbons (Fsp3) is 0.400. The number of ether oxygens (including phenoxy) is 1. The van der Waals surface area contributed by atoms with Crippen LogP contribution in [-0.2, 0) is 17.9 Å². The van der Waals surface area contributed by atoms with Gasteiger partial charge in [-0.2, -0.15) is 9.97 Å². The molecule has 73 heavy (non-hydrogen) atoms. The van der Waals surface area contributed by atoms with E-state index in [1.807, 2.05) is 36.7 Å². The van der Waals surface area contributed by atoms with Crippen molar-refractivity contribution in [1.82, 2.24) is 69.6 Å². The maximum absolute atomic E-state index is 13.6. The lowest BCUT2D eigenvalue weighted by Crippen LogP contribution is -2.50. The Kier molecular flexibility index (Phi) is 14.9. The molecule has 1 aliphatic carbocycles. The molecule has 22 nitrogen and oxygen atoms in total. The number of hydrogen-bond donors (Lipinski definition) is 4. The number of Topliss-reactive ketones (excluding diaryl/α,β-unsaturated/α-hetero) is 1. The summed E-state index contributed by atoms with van der Waals surface area (Å²) in [4.78, 5) is 83.2. The predicted molar refractivity (Wildman–Crippen MR) is 275 cm³/mol. The Hall–Kier alpha value is -8.03. The normalized spacial score (nSPS) is 14.1. The fourth-order valence-electron chi connectivity index (χ4n) is 9.57. The average Bonchev–Trinajstić information content (AvgIpc) is 4.15. The van der Waals surface area contributed by atoms with Crippen LogP contribution in [0.1, 0.15) is 93.9 Å². The lowest BCUT2D eigenvalue weighted by Gasteiger charge is -2.35. The molecule has 7 aromatic rings. The summed E-state index contributed by atoms with van der Waals surface area (Å²) in [7, 11) is 1.63. The molecule has 7 aromatic heterocycles. The monoisotopic (exact) mass is 1010 g/mol. The quantitative estimate of drug-likeness (QED) is 0.0455. The fourth-order valence-corrected chi connectivity index (χ4v) is 9.84.